The van der Waals surface area contributed by atoms with Crippen LogP contribution < -0.4 is 5.32 Å². The van der Waals surface area contributed by atoms with Gasteiger partial charge in [-0.15, -0.1) is 0 Å². The molecule has 156 valence electrons. The van der Waals surface area contributed by atoms with Crippen molar-refractivity contribution in [3.63, 3.8) is 0 Å². The Hall–Kier alpha value is -4.46. The van der Waals surface area contributed by atoms with E-state index < -0.39 is 0 Å². The van der Waals surface area contributed by atoms with Gasteiger partial charge in [0.25, 0.3) is 0 Å². The number of fused-ring (bicyclic) bond motifs is 1. The minimum Gasteiger partial charge on any atom is -0.323 e. The first kappa shape index (κ1) is 19.5. The van der Waals surface area contributed by atoms with E-state index >= 15 is 0 Å². The molecular formula is C24H19N7O. The van der Waals surface area contributed by atoms with Gasteiger partial charge < -0.3 is 9.88 Å². The maximum atomic E-state index is 12.6. The van der Waals surface area contributed by atoms with Crippen molar-refractivity contribution in [1.82, 2.24) is 29.5 Å². The number of carbonyl (C=O) groups is 1. The van der Waals surface area contributed by atoms with Crippen molar-refractivity contribution in [2.75, 3.05) is 5.32 Å². The quantitative estimate of drug-likeness (QED) is 0.462. The third kappa shape index (κ3) is 4.06. The number of anilines is 1. The van der Waals surface area contributed by atoms with Crippen LogP contribution in [0.1, 0.15) is 5.69 Å². The summed E-state index contributed by atoms with van der Waals surface area (Å²) in [4.78, 5) is 34.0. The Morgan fingerprint density at radius 2 is 1.78 bits per heavy atom. The normalized spacial score (nSPS) is 10.9. The molecule has 32 heavy (non-hydrogen) atoms. The van der Waals surface area contributed by atoms with Crippen LogP contribution in [-0.4, -0.2) is 35.4 Å². The van der Waals surface area contributed by atoms with Crippen LogP contribution in [-0.2, 0) is 11.3 Å². The number of aromatic nitrogens is 6. The molecule has 5 heterocycles. The summed E-state index contributed by atoms with van der Waals surface area (Å²) in [6.45, 7) is 2.10. The summed E-state index contributed by atoms with van der Waals surface area (Å²) < 4.78 is 1.82. The van der Waals surface area contributed by atoms with E-state index in [1.807, 2.05) is 48.1 Å². The number of amides is 1. The average Bonchev–Trinajstić information content (AvgIpc) is 3.22. The number of nitrogens with zero attached hydrogens (tertiary/aromatic N) is 6. The number of pyridine rings is 3. The molecule has 0 spiro atoms. The summed E-state index contributed by atoms with van der Waals surface area (Å²) in [5.74, 6) is 0.292. The summed E-state index contributed by atoms with van der Waals surface area (Å²) in [6.07, 6.45) is 12.0. The van der Waals surface area contributed by atoms with E-state index in [1.165, 1.54) is 0 Å². The molecule has 0 fully saturated rings. The molecule has 0 aliphatic carbocycles. The SMILES string of the molecule is Cc1cc(-c2cnc3c(ccn3CC(=O)Nc3ccc(-c4cnccn4)cn3)c2)ccn1. The zero-order valence-corrected chi connectivity index (χ0v) is 17.3. The molecule has 5 aromatic rings. The highest BCUT2D eigenvalue weighted by molar-refractivity contribution is 5.91. The minimum absolute atomic E-state index is 0.137. The molecular weight excluding hydrogens is 402 g/mol. The zero-order valence-electron chi connectivity index (χ0n) is 17.3. The highest BCUT2D eigenvalue weighted by atomic mass is 16.2. The van der Waals surface area contributed by atoms with Crippen LogP contribution >= 0.6 is 0 Å². The predicted molar refractivity (Wildman–Crippen MR) is 122 cm³/mol. The van der Waals surface area contributed by atoms with Crippen LogP contribution in [0.25, 0.3) is 33.4 Å². The van der Waals surface area contributed by atoms with Crippen molar-refractivity contribution in [3.05, 3.63) is 85.5 Å². The summed E-state index contributed by atoms with van der Waals surface area (Å²) in [5, 5.41) is 3.79. The lowest BCUT2D eigenvalue weighted by Gasteiger charge is -2.08. The van der Waals surface area contributed by atoms with Gasteiger partial charge in [-0.2, -0.15) is 0 Å². The first-order valence-corrected chi connectivity index (χ1v) is 10.1. The second-order valence-electron chi connectivity index (χ2n) is 7.34. The molecule has 1 amide bonds. The smallest absolute Gasteiger partial charge is 0.245 e. The maximum Gasteiger partial charge on any atom is 0.245 e. The minimum atomic E-state index is -0.183. The van der Waals surface area contributed by atoms with E-state index in [0.29, 0.717) is 5.82 Å². The van der Waals surface area contributed by atoms with Crippen molar-refractivity contribution in [3.8, 4) is 22.4 Å². The topological polar surface area (TPSA) is 98.5 Å². The largest absolute Gasteiger partial charge is 0.323 e. The van der Waals surface area contributed by atoms with Crippen LogP contribution in [0.4, 0.5) is 5.82 Å². The van der Waals surface area contributed by atoms with Gasteiger partial charge in [0.1, 0.15) is 18.0 Å². The van der Waals surface area contributed by atoms with E-state index in [1.54, 1.807) is 37.1 Å². The van der Waals surface area contributed by atoms with Gasteiger partial charge in [-0.1, -0.05) is 0 Å². The Bertz CT molecular complexity index is 1400. The number of nitrogens with one attached hydrogen (secondary N) is 1. The summed E-state index contributed by atoms with van der Waals surface area (Å²) in [5.41, 5.74) is 5.34. The lowest BCUT2D eigenvalue weighted by molar-refractivity contribution is -0.116. The summed E-state index contributed by atoms with van der Waals surface area (Å²) in [7, 11) is 0. The van der Waals surface area contributed by atoms with E-state index in [2.05, 4.69) is 36.3 Å². The van der Waals surface area contributed by atoms with Crippen LogP contribution in [0.5, 0.6) is 0 Å². The van der Waals surface area contributed by atoms with Crippen LogP contribution in [0.3, 0.4) is 0 Å². The number of hydrogen-bond acceptors (Lipinski definition) is 6. The molecule has 0 aliphatic heterocycles. The molecule has 0 aromatic carbocycles. The average molecular weight is 421 g/mol. The monoisotopic (exact) mass is 421 g/mol. The van der Waals surface area contributed by atoms with Crippen molar-refractivity contribution >= 4 is 22.8 Å². The van der Waals surface area contributed by atoms with Crippen molar-refractivity contribution in [2.45, 2.75) is 13.5 Å². The molecule has 0 aliphatic rings. The van der Waals surface area contributed by atoms with Crippen LogP contribution in [0.15, 0.2) is 79.8 Å². The van der Waals surface area contributed by atoms with Gasteiger partial charge in [0, 0.05) is 59.4 Å². The number of rotatable bonds is 5. The van der Waals surface area contributed by atoms with Gasteiger partial charge in [0.15, 0.2) is 0 Å². The molecule has 0 atom stereocenters. The summed E-state index contributed by atoms with van der Waals surface area (Å²) >= 11 is 0. The molecule has 0 radical (unpaired) electrons. The van der Waals surface area contributed by atoms with E-state index in [9.17, 15) is 4.79 Å². The Labute approximate surface area is 184 Å². The molecule has 1 N–H and O–H groups in total. The lowest BCUT2D eigenvalue weighted by atomic mass is 10.1. The van der Waals surface area contributed by atoms with Crippen LogP contribution in [0.2, 0.25) is 0 Å². The Morgan fingerprint density at radius 3 is 2.56 bits per heavy atom. The highest BCUT2D eigenvalue weighted by Crippen LogP contribution is 2.23. The third-order valence-corrected chi connectivity index (χ3v) is 5.04. The molecule has 8 heteroatoms. The summed E-state index contributed by atoms with van der Waals surface area (Å²) in [6, 6.07) is 11.6. The van der Waals surface area contributed by atoms with E-state index in [4.69, 9.17) is 0 Å². The first-order chi connectivity index (χ1) is 15.7. The van der Waals surface area contributed by atoms with E-state index in [0.717, 1.165) is 39.1 Å². The number of aryl methyl sites for hydroxylation is 1. The molecule has 5 aromatic heterocycles. The van der Waals surface area contributed by atoms with E-state index in [-0.39, 0.29) is 12.5 Å². The second kappa shape index (κ2) is 8.35. The number of carbonyl (C=O) groups excluding carboxylic acids is 1. The van der Waals surface area contributed by atoms with Gasteiger partial charge in [-0.3, -0.25) is 19.7 Å². The Kier molecular flexibility index (Phi) is 5.09. The molecule has 0 bridgehead atoms. The van der Waals surface area contributed by atoms with Crippen molar-refractivity contribution in [2.24, 2.45) is 0 Å². The Balaban J connectivity index is 1.29. The Morgan fingerprint density at radius 1 is 0.875 bits per heavy atom. The molecule has 0 saturated carbocycles. The lowest BCUT2D eigenvalue weighted by Crippen LogP contribution is -2.19. The molecule has 0 unspecified atom stereocenters. The van der Waals surface area contributed by atoms with Gasteiger partial charge in [0.05, 0.1) is 11.9 Å². The van der Waals surface area contributed by atoms with Gasteiger partial charge in [0.2, 0.25) is 5.91 Å². The van der Waals surface area contributed by atoms with Crippen LogP contribution in [0, 0.1) is 6.92 Å². The molecule has 5 rings (SSSR count). The standard InChI is InChI=1S/C24H19N7O/c1-16-10-17(4-6-26-16)20-11-18-5-9-31(24(18)29-13-20)15-23(32)30-22-3-2-19(12-28-22)21-14-25-7-8-27-21/h2-14H,15H2,1H3,(H,28,30,32). The molecule has 8 nitrogen and oxygen atoms in total. The third-order valence-electron chi connectivity index (χ3n) is 5.04. The predicted octanol–water partition coefficient (Wildman–Crippen LogP) is 3.90. The fraction of sp³-hybridized carbons (Fsp3) is 0.0833. The van der Waals surface area contributed by atoms with Gasteiger partial charge in [-0.05, 0) is 48.9 Å². The first-order valence-electron chi connectivity index (χ1n) is 10.1. The fourth-order valence-corrected chi connectivity index (χ4v) is 3.49. The maximum absolute atomic E-state index is 12.6. The number of hydrogen-bond donors (Lipinski definition) is 1. The fourth-order valence-electron chi connectivity index (χ4n) is 3.49. The molecule has 0 saturated heterocycles. The zero-order chi connectivity index (χ0) is 21.9. The van der Waals surface area contributed by atoms with Gasteiger partial charge in [-0.25, -0.2) is 9.97 Å². The second-order valence-corrected chi connectivity index (χ2v) is 7.34. The highest BCUT2D eigenvalue weighted by Gasteiger charge is 2.10. The van der Waals surface area contributed by atoms with Crippen molar-refractivity contribution in [1.29, 1.82) is 0 Å². The van der Waals surface area contributed by atoms with Gasteiger partial charge >= 0.3 is 0 Å². The van der Waals surface area contributed by atoms with Crippen molar-refractivity contribution < 1.29 is 4.79 Å².